The Labute approximate surface area is 180 Å². The summed E-state index contributed by atoms with van der Waals surface area (Å²) in [5, 5.41) is 3.04. The average molecular weight is 403 g/mol. The number of aromatic nitrogens is 2. The van der Waals surface area contributed by atoms with E-state index in [1.165, 1.54) is 11.1 Å². The van der Waals surface area contributed by atoms with Crippen LogP contribution in [0.1, 0.15) is 21.5 Å². The lowest BCUT2D eigenvalue weighted by Crippen LogP contribution is -2.12. The van der Waals surface area contributed by atoms with Crippen molar-refractivity contribution in [2.24, 2.45) is 0 Å². The van der Waals surface area contributed by atoms with Gasteiger partial charge in [-0.05, 0) is 53.9 Å². The second kappa shape index (κ2) is 8.28. The number of benzene rings is 4. The van der Waals surface area contributed by atoms with Crippen LogP contribution < -0.4 is 5.32 Å². The van der Waals surface area contributed by atoms with E-state index in [2.05, 4.69) is 27.4 Å². The summed E-state index contributed by atoms with van der Waals surface area (Å²) in [4.78, 5) is 20.9. The molecule has 0 spiro atoms. The molecule has 2 N–H and O–H groups in total. The van der Waals surface area contributed by atoms with Crippen molar-refractivity contribution in [2.45, 2.75) is 6.42 Å². The van der Waals surface area contributed by atoms with Crippen molar-refractivity contribution in [3.05, 3.63) is 120 Å². The average Bonchev–Trinajstić information content (AvgIpc) is 3.25. The van der Waals surface area contributed by atoms with Crippen LogP contribution in [0.25, 0.3) is 22.4 Å². The third-order valence-corrected chi connectivity index (χ3v) is 5.29. The van der Waals surface area contributed by atoms with Crippen LogP contribution in [0.5, 0.6) is 0 Å². The van der Waals surface area contributed by atoms with E-state index in [1.807, 2.05) is 91.0 Å². The quantitative estimate of drug-likeness (QED) is 0.374. The number of hydrogen-bond donors (Lipinski definition) is 2. The third kappa shape index (κ3) is 4.09. The van der Waals surface area contributed by atoms with Crippen LogP contribution in [-0.2, 0) is 6.42 Å². The van der Waals surface area contributed by atoms with Gasteiger partial charge in [0.25, 0.3) is 5.91 Å². The maximum Gasteiger partial charge on any atom is 0.255 e. The molecule has 0 bridgehead atoms. The number of fused-ring (bicyclic) bond motifs is 1. The van der Waals surface area contributed by atoms with Crippen molar-refractivity contribution < 1.29 is 4.79 Å². The standard InChI is InChI=1S/C27H21N3O/c31-27(21-16-14-20(15-17-21)18-19-8-2-1-3-9-19)30-23-11-5-4-10-22(23)26-28-24-12-6-7-13-25(24)29-26/h1-17H,18H2,(H,28,29)(H,30,31). The number of aromatic amines is 1. The molecule has 4 nitrogen and oxygen atoms in total. The number of nitrogens with zero attached hydrogens (tertiary/aromatic N) is 1. The number of carbonyl (C=O) groups excluding carboxylic acids is 1. The number of anilines is 1. The smallest absolute Gasteiger partial charge is 0.255 e. The molecule has 0 aliphatic carbocycles. The molecule has 4 aromatic carbocycles. The van der Waals surface area contributed by atoms with Crippen molar-refractivity contribution in [3.8, 4) is 11.4 Å². The van der Waals surface area contributed by atoms with Crippen LogP contribution in [-0.4, -0.2) is 15.9 Å². The van der Waals surface area contributed by atoms with Gasteiger partial charge in [-0.2, -0.15) is 0 Å². The minimum absolute atomic E-state index is 0.144. The van der Waals surface area contributed by atoms with Crippen molar-refractivity contribution in [3.63, 3.8) is 0 Å². The molecule has 0 saturated heterocycles. The van der Waals surface area contributed by atoms with Crippen LogP contribution >= 0.6 is 0 Å². The molecular formula is C27H21N3O. The Bertz CT molecular complexity index is 1310. The SMILES string of the molecule is O=C(Nc1ccccc1-c1nc2ccccc2[nH]1)c1ccc(Cc2ccccc2)cc1. The number of amides is 1. The summed E-state index contributed by atoms with van der Waals surface area (Å²) in [5.41, 5.74) is 6.48. The maximum atomic E-state index is 12.9. The van der Waals surface area contributed by atoms with Gasteiger partial charge in [0.2, 0.25) is 0 Å². The first kappa shape index (κ1) is 18.8. The van der Waals surface area contributed by atoms with Gasteiger partial charge < -0.3 is 10.3 Å². The summed E-state index contributed by atoms with van der Waals surface area (Å²) in [7, 11) is 0. The monoisotopic (exact) mass is 403 g/mol. The van der Waals surface area contributed by atoms with Gasteiger partial charge in [0.1, 0.15) is 5.82 Å². The van der Waals surface area contributed by atoms with Crippen LogP contribution in [0.3, 0.4) is 0 Å². The molecule has 5 rings (SSSR count). The van der Waals surface area contributed by atoms with Gasteiger partial charge in [0, 0.05) is 11.1 Å². The van der Waals surface area contributed by atoms with Crippen LogP contribution in [0.2, 0.25) is 0 Å². The highest BCUT2D eigenvalue weighted by molar-refractivity contribution is 6.06. The summed E-state index contributed by atoms with van der Waals surface area (Å²) in [6, 6.07) is 33.6. The molecule has 31 heavy (non-hydrogen) atoms. The first-order chi connectivity index (χ1) is 15.3. The zero-order chi connectivity index (χ0) is 21.0. The summed E-state index contributed by atoms with van der Waals surface area (Å²) >= 11 is 0. The summed E-state index contributed by atoms with van der Waals surface area (Å²) < 4.78 is 0. The normalized spacial score (nSPS) is 10.8. The topological polar surface area (TPSA) is 57.8 Å². The van der Waals surface area contributed by atoms with Gasteiger partial charge in [-0.15, -0.1) is 0 Å². The molecule has 0 fully saturated rings. The van der Waals surface area contributed by atoms with Crippen LogP contribution in [0.15, 0.2) is 103 Å². The molecule has 0 radical (unpaired) electrons. The zero-order valence-electron chi connectivity index (χ0n) is 16.9. The summed E-state index contributed by atoms with van der Waals surface area (Å²) in [6.45, 7) is 0. The van der Waals surface area contributed by atoms with Crippen LogP contribution in [0, 0.1) is 0 Å². The number of H-pyrrole nitrogens is 1. The molecule has 0 aliphatic heterocycles. The van der Waals surface area contributed by atoms with E-state index in [4.69, 9.17) is 0 Å². The highest BCUT2D eigenvalue weighted by Gasteiger charge is 2.13. The number of hydrogen-bond acceptors (Lipinski definition) is 2. The third-order valence-electron chi connectivity index (χ3n) is 5.29. The maximum absolute atomic E-state index is 12.9. The minimum Gasteiger partial charge on any atom is -0.338 e. The number of para-hydroxylation sites is 3. The Kier molecular flexibility index (Phi) is 5.03. The lowest BCUT2D eigenvalue weighted by molar-refractivity contribution is 0.102. The van der Waals surface area contributed by atoms with E-state index in [9.17, 15) is 4.79 Å². The molecule has 0 unspecified atom stereocenters. The molecule has 150 valence electrons. The number of imidazole rings is 1. The van der Waals surface area contributed by atoms with Crippen LogP contribution in [0.4, 0.5) is 5.69 Å². The van der Waals surface area contributed by atoms with Gasteiger partial charge in [-0.3, -0.25) is 4.79 Å². The van der Waals surface area contributed by atoms with Crippen molar-refractivity contribution in [1.29, 1.82) is 0 Å². The fraction of sp³-hybridized carbons (Fsp3) is 0.0370. The zero-order valence-corrected chi connectivity index (χ0v) is 16.9. The molecule has 4 heteroatoms. The van der Waals surface area contributed by atoms with Crippen molar-refractivity contribution >= 4 is 22.6 Å². The Hall–Kier alpha value is -4.18. The van der Waals surface area contributed by atoms with Gasteiger partial charge in [0.15, 0.2) is 0 Å². The first-order valence-electron chi connectivity index (χ1n) is 10.2. The Morgan fingerprint density at radius 1 is 0.742 bits per heavy atom. The van der Waals surface area contributed by atoms with E-state index >= 15 is 0 Å². The molecule has 5 aromatic rings. The predicted molar refractivity (Wildman–Crippen MR) is 125 cm³/mol. The van der Waals surface area contributed by atoms with E-state index in [0.717, 1.165) is 34.5 Å². The highest BCUT2D eigenvalue weighted by atomic mass is 16.1. The molecule has 0 atom stereocenters. The molecule has 0 aliphatic rings. The molecule has 1 heterocycles. The molecular weight excluding hydrogens is 382 g/mol. The van der Waals surface area contributed by atoms with E-state index < -0.39 is 0 Å². The summed E-state index contributed by atoms with van der Waals surface area (Å²) in [6.07, 6.45) is 0.845. The van der Waals surface area contributed by atoms with E-state index in [1.54, 1.807) is 0 Å². The first-order valence-corrected chi connectivity index (χ1v) is 10.2. The van der Waals surface area contributed by atoms with Gasteiger partial charge in [0.05, 0.1) is 16.7 Å². The lowest BCUT2D eigenvalue weighted by Gasteiger charge is -2.10. The predicted octanol–water partition coefficient (Wildman–Crippen LogP) is 6.07. The van der Waals surface area contributed by atoms with Gasteiger partial charge >= 0.3 is 0 Å². The van der Waals surface area contributed by atoms with Crippen molar-refractivity contribution in [2.75, 3.05) is 5.32 Å². The number of nitrogens with one attached hydrogen (secondary N) is 2. The largest absolute Gasteiger partial charge is 0.338 e. The van der Waals surface area contributed by atoms with E-state index in [-0.39, 0.29) is 5.91 Å². The Morgan fingerprint density at radius 3 is 2.23 bits per heavy atom. The molecule has 0 saturated carbocycles. The van der Waals surface area contributed by atoms with Gasteiger partial charge in [-0.25, -0.2) is 4.98 Å². The highest BCUT2D eigenvalue weighted by Crippen LogP contribution is 2.28. The molecule has 1 aromatic heterocycles. The number of carbonyl (C=O) groups is 1. The van der Waals surface area contributed by atoms with Gasteiger partial charge in [-0.1, -0.05) is 66.7 Å². The molecule has 1 amide bonds. The fourth-order valence-electron chi connectivity index (χ4n) is 3.68. The second-order valence-corrected chi connectivity index (χ2v) is 7.46. The van der Waals surface area contributed by atoms with E-state index in [0.29, 0.717) is 5.56 Å². The Morgan fingerprint density at radius 2 is 1.42 bits per heavy atom. The Balaban J connectivity index is 1.36. The minimum atomic E-state index is -0.144. The number of rotatable bonds is 5. The van der Waals surface area contributed by atoms with Crippen molar-refractivity contribution in [1.82, 2.24) is 9.97 Å². The fourth-order valence-corrected chi connectivity index (χ4v) is 3.68. The lowest BCUT2D eigenvalue weighted by atomic mass is 10.0. The summed E-state index contributed by atoms with van der Waals surface area (Å²) in [5.74, 6) is 0.588. The second-order valence-electron chi connectivity index (χ2n) is 7.46.